The number of carboxylic acid groups (broad SMARTS) is 1. The third-order valence-electron chi connectivity index (χ3n) is 3.60. The Hall–Kier alpha value is -1.58. The van der Waals surface area contributed by atoms with Crippen LogP contribution in [0.15, 0.2) is 18.2 Å². The van der Waals surface area contributed by atoms with E-state index in [-0.39, 0.29) is 11.1 Å². The normalized spacial score (nSPS) is 17.3. The maximum absolute atomic E-state index is 13.0. The van der Waals surface area contributed by atoms with Crippen LogP contribution in [0.5, 0.6) is 0 Å². The van der Waals surface area contributed by atoms with Crippen LogP contribution in [-0.2, 0) is 0 Å². The number of halogens is 1. The second kappa shape index (κ2) is 4.35. The van der Waals surface area contributed by atoms with Gasteiger partial charge >= 0.3 is 5.97 Å². The molecule has 4 heteroatoms. The molecule has 0 bridgehead atoms. The summed E-state index contributed by atoms with van der Waals surface area (Å²) >= 11 is 0. The summed E-state index contributed by atoms with van der Waals surface area (Å²) in [5.74, 6) is -1.62. The minimum absolute atomic E-state index is 0.00201. The van der Waals surface area contributed by atoms with Crippen LogP contribution in [0.2, 0.25) is 0 Å². The largest absolute Gasteiger partial charge is 0.478 e. The Balaban J connectivity index is 2.29. The fourth-order valence-corrected chi connectivity index (χ4v) is 2.26. The first kappa shape index (κ1) is 11.9. The summed E-state index contributed by atoms with van der Waals surface area (Å²) in [6.45, 7) is 2.08. The Labute approximate surface area is 99.7 Å². The number of nitrogens with one attached hydrogen (secondary N) is 1. The Morgan fingerprint density at radius 2 is 2.24 bits per heavy atom. The molecule has 0 atom stereocenters. The number of carbonyl (C=O) groups is 1. The van der Waals surface area contributed by atoms with Crippen molar-refractivity contribution in [2.75, 3.05) is 5.32 Å². The molecule has 0 unspecified atom stereocenters. The lowest BCUT2D eigenvalue weighted by Gasteiger charge is -2.43. The first-order valence-electron chi connectivity index (χ1n) is 5.87. The maximum Gasteiger partial charge on any atom is 0.337 e. The number of anilines is 1. The highest BCUT2D eigenvalue weighted by Crippen LogP contribution is 2.38. The van der Waals surface area contributed by atoms with Gasteiger partial charge in [0.15, 0.2) is 0 Å². The maximum atomic E-state index is 13.0. The zero-order valence-electron chi connectivity index (χ0n) is 9.79. The summed E-state index contributed by atoms with van der Waals surface area (Å²) in [6.07, 6.45) is 4.19. The number of rotatable bonds is 4. The molecule has 1 fully saturated rings. The average molecular weight is 237 g/mol. The van der Waals surface area contributed by atoms with Crippen LogP contribution in [0.3, 0.4) is 0 Å². The van der Waals surface area contributed by atoms with E-state index < -0.39 is 11.8 Å². The molecule has 0 saturated heterocycles. The molecule has 0 aromatic heterocycles. The molecule has 1 aliphatic rings. The minimum Gasteiger partial charge on any atom is -0.478 e. The topological polar surface area (TPSA) is 49.3 Å². The van der Waals surface area contributed by atoms with Gasteiger partial charge in [-0.2, -0.15) is 0 Å². The van der Waals surface area contributed by atoms with E-state index in [4.69, 9.17) is 5.11 Å². The first-order chi connectivity index (χ1) is 8.06. The molecule has 1 aliphatic carbocycles. The summed E-state index contributed by atoms with van der Waals surface area (Å²) in [4.78, 5) is 11.0. The van der Waals surface area contributed by atoms with E-state index in [0.29, 0.717) is 5.69 Å². The second-order valence-corrected chi connectivity index (χ2v) is 4.61. The zero-order chi connectivity index (χ0) is 12.5. The van der Waals surface area contributed by atoms with Gasteiger partial charge in [0.25, 0.3) is 0 Å². The molecule has 0 amide bonds. The third kappa shape index (κ3) is 2.25. The fourth-order valence-electron chi connectivity index (χ4n) is 2.26. The molecular formula is C13H16FNO2. The van der Waals surface area contributed by atoms with Crippen molar-refractivity contribution in [3.05, 3.63) is 29.6 Å². The molecule has 2 N–H and O–H groups in total. The van der Waals surface area contributed by atoms with Gasteiger partial charge in [-0.3, -0.25) is 0 Å². The van der Waals surface area contributed by atoms with Crippen LogP contribution in [0, 0.1) is 5.82 Å². The second-order valence-electron chi connectivity index (χ2n) is 4.61. The fraction of sp³-hybridized carbons (Fsp3) is 0.462. The summed E-state index contributed by atoms with van der Waals surface area (Å²) in [5, 5.41) is 12.3. The van der Waals surface area contributed by atoms with Crippen molar-refractivity contribution in [1.82, 2.24) is 0 Å². The van der Waals surface area contributed by atoms with E-state index in [9.17, 15) is 9.18 Å². The van der Waals surface area contributed by atoms with Gasteiger partial charge in [0.05, 0.1) is 5.56 Å². The van der Waals surface area contributed by atoms with E-state index in [1.807, 2.05) is 0 Å². The van der Waals surface area contributed by atoms with Crippen molar-refractivity contribution in [3.63, 3.8) is 0 Å². The molecular weight excluding hydrogens is 221 g/mol. The molecule has 1 saturated carbocycles. The standard InChI is InChI=1S/C13H16FNO2/c1-2-13(6-3-7-13)15-11-5-4-9(14)8-10(11)12(16)17/h4-5,8,15H,2-3,6-7H2,1H3,(H,16,17). The monoisotopic (exact) mass is 237 g/mol. The number of carboxylic acids is 1. The van der Waals surface area contributed by atoms with Crippen LogP contribution >= 0.6 is 0 Å². The van der Waals surface area contributed by atoms with Crippen molar-refractivity contribution < 1.29 is 14.3 Å². The van der Waals surface area contributed by atoms with E-state index in [1.54, 1.807) is 0 Å². The summed E-state index contributed by atoms with van der Waals surface area (Å²) in [6, 6.07) is 3.86. The lowest BCUT2D eigenvalue weighted by Crippen LogP contribution is -2.44. The average Bonchev–Trinajstić information content (AvgIpc) is 2.25. The van der Waals surface area contributed by atoms with E-state index in [0.717, 1.165) is 31.7 Å². The highest BCUT2D eigenvalue weighted by molar-refractivity contribution is 5.94. The SMILES string of the molecule is CCC1(Nc2ccc(F)cc2C(=O)O)CCC1. The first-order valence-corrected chi connectivity index (χ1v) is 5.87. The van der Waals surface area contributed by atoms with Crippen LogP contribution in [0.1, 0.15) is 43.0 Å². The molecule has 1 aromatic carbocycles. The number of hydrogen-bond donors (Lipinski definition) is 2. The summed E-state index contributed by atoms with van der Waals surface area (Å²) < 4.78 is 13.0. The predicted octanol–water partition coefficient (Wildman–Crippen LogP) is 3.27. The van der Waals surface area contributed by atoms with Gasteiger partial charge in [-0.15, -0.1) is 0 Å². The predicted molar refractivity (Wildman–Crippen MR) is 63.9 cm³/mol. The molecule has 0 aliphatic heterocycles. The zero-order valence-corrected chi connectivity index (χ0v) is 9.79. The van der Waals surface area contributed by atoms with Gasteiger partial charge in [0, 0.05) is 11.2 Å². The van der Waals surface area contributed by atoms with Crippen molar-refractivity contribution in [2.45, 2.75) is 38.1 Å². The molecule has 0 radical (unpaired) electrons. The molecule has 2 rings (SSSR count). The molecule has 0 spiro atoms. The lowest BCUT2D eigenvalue weighted by atomic mass is 9.74. The Bertz CT molecular complexity index is 436. The van der Waals surface area contributed by atoms with Gasteiger partial charge in [-0.25, -0.2) is 9.18 Å². The quantitative estimate of drug-likeness (QED) is 0.845. The molecule has 3 nitrogen and oxygen atoms in total. The van der Waals surface area contributed by atoms with Gasteiger partial charge in [0.2, 0.25) is 0 Å². The van der Waals surface area contributed by atoms with E-state index >= 15 is 0 Å². The van der Waals surface area contributed by atoms with E-state index in [2.05, 4.69) is 12.2 Å². The van der Waals surface area contributed by atoms with Crippen molar-refractivity contribution in [1.29, 1.82) is 0 Å². The highest BCUT2D eigenvalue weighted by Gasteiger charge is 2.35. The third-order valence-corrected chi connectivity index (χ3v) is 3.60. The van der Waals surface area contributed by atoms with Crippen molar-refractivity contribution in [2.24, 2.45) is 0 Å². The summed E-state index contributed by atoms with van der Waals surface area (Å²) in [7, 11) is 0. The Kier molecular flexibility index (Phi) is 3.05. The van der Waals surface area contributed by atoms with Crippen LogP contribution in [0.4, 0.5) is 10.1 Å². The molecule has 92 valence electrons. The Morgan fingerprint density at radius 3 is 2.71 bits per heavy atom. The van der Waals surface area contributed by atoms with Gasteiger partial charge in [-0.1, -0.05) is 6.92 Å². The molecule has 17 heavy (non-hydrogen) atoms. The van der Waals surface area contributed by atoms with Crippen molar-refractivity contribution >= 4 is 11.7 Å². The number of hydrogen-bond acceptors (Lipinski definition) is 2. The van der Waals surface area contributed by atoms with Gasteiger partial charge in [0.1, 0.15) is 5.82 Å². The van der Waals surface area contributed by atoms with Gasteiger partial charge < -0.3 is 10.4 Å². The van der Waals surface area contributed by atoms with Crippen molar-refractivity contribution in [3.8, 4) is 0 Å². The van der Waals surface area contributed by atoms with Crippen LogP contribution in [-0.4, -0.2) is 16.6 Å². The van der Waals surface area contributed by atoms with E-state index in [1.165, 1.54) is 12.1 Å². The molecule has 1 aromatic rings. The number of benzene rings is 1. The highest BCUT2D eigenvalue weighted by atomic mass is 19.1. The van der Waals surface area contributed by atoms with Crippen LogP contribution in [0.25, 0.3) is 0 Å². The smallest absolute Gasteiger partial charge is 0.337 e. The summed E-state index contributed by atoms with van der Waals surface area (Å²) in [5.41, 5.74) is 0.521. The Morgan fingerprint density at radius 1 is 1.53 bits per heavy atom. The van der Waals surface area contributed by atoms with Crippen LogP contribution < -0.4 is 5.32 Å². The van der Waals surface area contributed by atoms with Gasteiger partial charge in [-0.05, 0) is 43.9 Å². The number of aromatic carboxylic acids is 1. The lowest BCUT2D eigenvalue weighted by molar-refractivity contribution is 0.0697. The molecule has 0 heterocycles. The minimum atomic E-state index is -1.10.